The molecular weight excluding hydrogens is 252 g/mol. The first-order valence-electron chi connectivity index (χ1n) is 6.63. The number of hydrogen-bond acceptors (Lipinski definition) is 3. The minimum Gasteiger partial charge on any atom is -0.353 e. The molecule has 2 rings (SSSR count). The molecule has 1 aliphatic heterocycles. The zero-order chi connectivity index (χ0) is 13.3. The van der Waals surface area contributed by atoms with Gasteiger partial charge in [0, 0.05) is 25.0 Å². The lowest BCUT2D eigenvalue weighted by atomic mass is 9.96. The molecule has 1 saturated heterocycles. The second kappa shape index (κ2) is 5.17. The third-order valence-electron chi connectivity index (χ3n) is 3.99. The second-order valence-electron chi connectivity index (χ2n) is 5.57. The number of rotatable bonds is 4. The zero-order valence-electron chi connectivity index (χ0n) is 11.1. The smallest absolute Gasteiger partial charge is 0.223 e. The lowest BCUT2D eigenvalue weighted by Gasteiger charge is -2.30. The predicted molar refractivity (Wildman–Crippen MR) is 69.5 cm³/mol. The molecule has 6 heteroatoms. The van der Waals surface area contributed by atoms with Crippen molar-refractivity contribution in [2.24, 2.45) is 11.8 Å². The molecule has 2 aliphatic rings. The number of piperidine rings is 1. The van der Waals surface area contributed by atoms with Gasteiger partial charge in [-0.05, 0) is 38.5 Å². The fraction of sp³-hybridized carbons (Fsp3) is 0.917. The molecule has 1 atom stereocenters. The molecule has 104 valence electrons. The Balaban J connectivity index is 1.80. The topological polar surface area (TPSA) is 66.5 Å². The third kappa shape index (κ3) is 3.45. The predicted octanol–water partition coefficient (Wildman–Crippen LogP) is 0.573. The lowest BCUT2D eigenvalue weighted by molar-refractivity contribution is -0.126. The third-order valence-corrected chi connectivity index (χ3v) is 5.30. The quantitative estimate of drug-likeness (QED) is 0.815. The molecule has 0 aromatic carbocycles. The Kier molecular flexibility index (Phi) is 3.96. The fourth-order valence-electron chi connectivity index (χ4n) is 2.51. The number of hydrogen-bond donors (Lipinski definition) is 1. The van der Waals surface area contributed by atoms with Crippen molar-refractivity contribution >= 4 is 15.9 Å². The summed E-state index contributed by atoms with van der Waals surface area (Å²) in [6.07, 6.45) is 4.93. The van der Waals surface area contributed by atoms with Crippen LogP contribution in [0.4, 0.5) is 0 Å². The van der Waals surface area contributed by atoms with Gasteiger partial charge in [-0.2, -0.15) is 0 Å². The number of amides is 1. The first-order chi connectivity index (χ1) is 8.38. The molecule has 0 aromatic rings. The van der Waals surface area contributed by atoms with E-state index in [2.05, 4.69) is 12.2 Å². The monoisotopic (exact) mass is 274 g/mol. The van der Waals surface area contributed by atoms with Crippen LogP contribution in [0.1, 0.15) is 32.6 Å². The van der Waals surface area contributed by atoms with E-state index in [1.807, 2.05) is 0 Å². The van der Waals surface area contributed by atoms with Crippen LogP contribution in [0.5, 0.6) is 0 Å². The van der Waals surface area contributed by atoms with E-state index in [1.54, 1.807) is 0 Å². The van der Waals surface area contributed by atoms with Crippen LogP contribution >= 0.6 is 0 Å². The van der Waals surface area contributed by atoms with Gasteiger partial charge in [-0.3, -0.25) is 4.79 Å². The largest absolute Gasteiger partial charge is 0.353 e. The first-order valence-corrected chi connectivity index (χ1v) is 8.48. The van der Waals surface area contributed by atoms with Gasteiger partial charge in [0.1, 0.15) is 0 Å². The van der Waals surface area contributed by atoms with E-state index >= 15 is 0 Å². The fourth-order valence-corrected chi connectivity index (χ4v) is 3.38. The van der Waals surface area contributed by atoms with E-state index in [-0.39, 0.29) is 17.9 Å². The summed E-state index contributed by atoms with van der Waals surface area (Å²) in [5.41, 5.74) is 0. The van der Waals surface area contributed by atoms with E-state index in [0.717, 1.165) is 0 Å². The Labute approximate surface area is 109 Å². The summed E-state index contributed by atoms with van der Waals surface area (Å²) in [4.78, 5) is 12.0. The van der Waals surface area contributed by atoms with Crippen LogP contribution in [-0.2, 0) is 14.8 Å². The summed E-state index contributed by atoms with van der Waals surface area (Å²) in [6.45, 7) is 2.99. The van der Waals surface area contributed by atoms with Gasteiger partial charge in [-0.15, -0.1) is 0 Å². The van der Waals surface area contributed by atoms with Crippen LogP contribution in [0, 0.1) is 11.8 Å². The lowest BCUT2D eigenvalue weighted by Crippen LogP contribution is -2.44. The summed E-state index contributed by atoms with van der Waals surface area (Å²) in [6, 6.07) is 0.269. The summed E-state index contributed by atoms with van der Waals surface area (Å²) >= 11 is 0. The van der Waals surface area contributed by atoms with Gasteiger partial charge in [0.2, 0.25) is 15.9 Å². The number of nitrogens with one attached hydrogen (secondary N) is 1. The van der Waals surface area contributed by atoms with Crippen LogP contribution < -0.4 is 5.32 Å². The van der Waals surface area contributed by atoms with E-state index < -0.39 is 10.0 Å². The zero-order valence-corrected chi connectivity index (χ0v) is 11.9. The summed E-state index contributed by atoms with van der Waals surface area (Å²) in [5, 5.41) is 3.06. The molecule has 0 aromatic heterocycles. The molecular formula is C12H22N2O3S. The summed E-state index contributed by atoms with van der Waals surface area (Å²) in [5.74, 6) is 0.733. The Morgan fingerprint density at radius 2 is 1.78 bits per heavy atom. The van der Waals surface area contributed by atoms with Crippen LogP contribution in [0.2, 0.25) is 0 Å². The Morgan fingerprint density at radius 3 is 2.22 bits per heavy atom. The molecule has 1 N–H and O–H groups in total. The Morgan fingerprint density at radius 1 is 1.22 bits per heavy atom. The standard InChI is InChI=1S/C12H22N2O3S/c1-9(10-3-4-10)13-12(15)11-5-7-14(8-6-11)18(2,16)17/h9-11H,3-8H2,1-2H3,(H,13,15)/t9-/m1/s1. The van der Waals surface area contributed by atoms with E-state index in [1.165, 1.54) is 23.4 Å². The van der Waals surface area contributed by atoms with E-state index in [0.29, 0.717) is 31.8 Å². The minimum atomic E-state index is -3.10. The van der Waals surface area contributed by atoms with Crippen molar-refractivity contribution in [1.82, 2.24) is 9.62 Å². The van der Waals surface area contributed by atoms with Crippen molar-refractivity contribution in [3.8, 4) is 0 Å². The average molecular weight is 274 g/mol. The molecule has 1 amide bonds. The summed E-state index contributed by atoms with van der Waals surface area (Å²) < 4.78 is 24.2. The van der Waals surface area contributed by atoms with Crippen molar-refractivity contribution in [3.05, 3.63) is 0 Å². The van der Waals surface area contributed by atoms with Crippen molar-refractivity contribution in [2.75, 3.05) is 19.3 Å². The maximum atomic E-state index is 12.0. The van der Waals surface area contributed by atoms with Gasteiger partial charge in [0.25, 0.3) is 0 Å². The van der Waals surface area contributed by atoms with Crippen LogP contribution in [0.15, 0.2) is 0 Å². The first kappa shape index (κ1) is 13.8. The van der Waals surface area contributed by atoms with E-state index in [4.69, 9.17) is 0 Å². The molecule has 1 aliphatic carbocycles. The van der Waals surface area contributed by atoms with Gasteiger partial charge in [-0.1, -0.05) is 0 Å². The van der Waals surface area contributed by atoms with Crippen LogP contribution in [0.25, 0.3) is 0 Å². The highest BCUT2D eigenvalue weighted by atomic mass is 32.2. The van der Waals surface area contributed by atoms with Crippen molar-refractivity contribution in [1.29, 1.82) is 0 Å². The molecule has 5 nitrogen and oxygen atoms in total. The van der Waals surface area contributed by atoms with E-state index in [9.17, 15) is 13.2 Å². The number of carbonyl (C=O) groups excluding carboxylic acids is 1. The number of carbonyl (C=O) groups is 1. The number of nitrogens with zero attached hydrogens (tertiary/aromatic N) is 1. The van der Waals surface area contributed by atoms with Gasteiger partial charge in [0.15, 0.2) is 0 Å². The molecule has 2 fully saturated rings. The average Bonchev–Trinajstić information content (AvgIpc) is 3.11. The van der Waals surface area contributed by atoms with Crippen molar-refractivity contribution < 1.29 is 13.2 Å². The molecule has 1 heterocycles. The molecule has 0 radical (unpaired) electrons. The highest BCUT2D eigenvalue weighted by Gasteiger charge is 2.33. The highest BCUT2D eigenvalue weighted by Crippen LogP contribution is 2.32. The van der Waals surface area contributed by atoms with Gasteiger partial charge < -0.3 is 5.32 Å². The summed E-state index contributed by atoms with van der Waals surface area (Å²) in [7, 11) is -3.10. The van der Waals surface area contributed by atoms with Crippen LogP contribution in [-0.4, -0.2) is 44.0 Å². The molecule has 0 spiro atoms. The van der Waals surface area contributed by atoms with Crippen LogP contribution in [0.3, 0.4) is 0 Å². The normalized spacial score (nSPS) is 24.8. The molecule has 0 bridgehead atoms. The van der Waals surface area contributed by atoms with Crippen molar-refractivity contribution in [3.63, 3.8) is 0 Å². The molecule has 18 heavy (non-hydrogen) atoms. The Bertz CT molecular complexity index is 409. The number of sulfonamides is 1. The van der Waals surface area contributed by atoms with Gasteiger partial charge in [-0.25, -0.2) is 12.7 Å². The highest BCUT2D eigenvalue weighted by molar-refractivity contribution is 7.88. The minimum absolute atomic E-state index is 0.0239. The maximum Gasteiger partial charge on any atom is 0.223 e. The molecule has 0 unspecified atom stereocenters. The van der Waals surface area contributed by atoms with Gasteiger partial charge in [0.05, 0.1) is 6.26 Å². The maximum absolute atomic E-state index is 12.0. The molecule has 1 saturated carbocycles. The van der Waals surface area contributed by atoms with Gasteiger partial charge >= 0.3 is 0 Å². The van der Waals surface area contributed by atoms with Crippen molar-refractivity contribution in [2.45, 2.75) is 38.6 Å². The Hall–Kier alpha value is -0.620. The second-order valence-corrected chi connectivity index (χ2v) is 7.55. The SMILES string of the molecule is C[C@@H](NC(=O)C1CCN(S(C)(=O)=O)CC1)C1CC1.